The zero-order chi connectivity index (χ0) is 12.0. The molecule has 16 heavy (non-hydrogen) atoms. The molecule has 1 rings (SSSR count). The van der Waals surface area contributed by atoms with Crippen LogP contribution in [0.1, 0.15) is 39.0 Å². The fraction of sp³-hybridized carbons (Fsp3) is 0.917. The normalized spacial score (nSPS) is 30.2. The molecule has 1 amide bonds. The molecule has 0 spiro atoms. The first-order chi connectivity index (χ1) is 7.64. The highest BCUT2D eigenvalue weighted by molar-refractivity contribution is 5.84. The molecule has 1 aliphatic carbocycles. The lowest BCUT2D eigenvalue weighted by atomic mass is 9.75. The zero-order valence-electron chi connectivity index (χ0n) is 10.4. The zero-order valence-corrected chi connectivity index (χ0v) is 10.4. The van der Waals surface area contributed by atoms with E-state index < -0.39 is 5.54 Å². The molecule has 0 radical (unpaired) electrons. The van der Waals surface area contributed by atoms with E-state index in [0.717, 1.165) is 31.6 Å². The SMILES string of the molecule is CCC1CCC(NCCOC)(C(N)=O)CC1. The number of nitrogens with one attached hydrogen (secondary N) is 1. The number of rotatable bonds is 6. The summed E-state index contributed by atoms with van der Waals surface area (Å²) in [5, 5.41) is 3.28. The molecule has 4 nitrogen and oxygen atoms in total. The summed E-state index contributed by atoms with van der Waals surface area (Å²) in [6.45, 7) is 3.52. The molecule has 94 valence electrons. The molecule has 0 bridgehead atoms. The van der Waals surface area contributed by atoms with Crippen molar-refractivity contribution in [3.8, 4) is 0 Å². The molecule has 0 unspecified atom stereocenters. The molecular weight excluding hydrogens is 204 g/mol. The number of primary amides is 1. The largest absolute Gasteiger partial charge is 0.383 e. The van der Waals surface area contributed by atoms with Crippen molar-refractivity contribution in [1.29, 1.82) is 0 Å². The van der Waals surface area contributed by atoms with Gasteiger partial charge in [-0.1, -0.05) is 13.3 Å². The molecule has 0 atom stereocenters. The van der Waals surface area contributed by atoms with Gasteiger partial charge in [-0.05, 0) is 31.6 Å². The Hall–Kier alpha value is -0.610. The lowest BCUT2D eigenvalue weighted by Crippen LogP contribution is -2.57. The number of hydrogen-bond acceptors (Lipinski definition) is 3. The van der Waals surface area contributed by atoms with Gasteiger partial charge in [-0.15, -0.1) is 0 Å². The first-order valence-electron chi connectivity index (χ1n) is 6.18. The van der Waals surface area contributed by atoms with Crippen LogP contribution in [0, 0.1) is 5.92 Å². The van der Waals surface area contributed by atoms with E-state index in [0.29, 0.717) is 13.2 Å². The van der Waals surface area contributed by atoms with Gasteiger partial charge in [0.25, 0.3) is 0 Å². The minimum Gasteiger partial charge on any atom is -0.383 e. The molecule has 0 saturated heterocycles. The molecule has 1 saturated carbocycles. The van der Waals surface area contributed by atoms with E-state index in [1.807, 2.05) is 0 Å². The maximum absolute atomic E-state index is 11.6. The van der Waals surface area contributed by atoms with Gasteiger partial charge in [0.15, 0.2) is 0 Å². The maximum Gasteiger partial charge on any atom is 0.237 e. The number of ether oxygens (including phenoxy) is 1. The maximum atomic E-state index is 11.6. The summed E-state index contributed by atoms with van der Waals surface area (Å²) in [4.78, 5) is 11.6. The second kappa shape index (κ2) is 6.21. The quantitative estimate of drug-likeness (QED) is 0.668. The van der Waals surface area contributed by atoms with Crippen molar-refractivity contribution in [1.82, 2.24) is 5.32 Å². The molecule has 0 aliphatic heterocycles. The van der Waals surface area contributed by atoms with Gasteiger partial charge in [0.1, 0.15) is 0 Å². The van der Waals surface area contributed by atoms with Gasteiger partial charge in [-0.3, -0.25) is 4.79 Å². The molecule has 0 aromatic carbocycles. The predicted molar refractivity (Wildman–Crippen MR) is 64.1 cm³/mol. The van der Waals surface area contributed by atoms with Gasteiger partial charge in [-0.2, -0.15) is 0 Å². The topological polar surface area (TPSA) is 64.3 Å². The minimum absolute atomic E-state index is 0.210. The van der Waals surface area contributed by atoms with E-state index >= 15 is 0 Å². The third kappa shape index (κ3) is 3.19. The third-order valence-corrected chi connectivity index (χ3v) is 3.78. The van der Waals surface area contributed by atoms with Crippen LogP contribution in [0.3, 0.4) is 0 Å². The summed E-state index contributed by atoms with van der Waals surface area (Å²) < 4.78 is 4.99. The smallest absolute Gasteiger partial charge is 0.237 e. The first-order valence-corrected chi connectivity index (χ1v) is 6.18. The van der Waals surface area contributed by atoms with Gasteiger partial charge in [0.2, 0.25) is 5.91 Å². The van der Waals surface area contributed by atoms with Crippen LogP contribution in [-0.4, -0.2) is 31.7 Å². The molecule has 3 N–H and O–H groups in total. The Morgan fingerprint density at radius 3 is 2.56 bits per heavy atom. The third-order valence-electron chi connectivity index (χ3n) is 3.78. The molecule has 1 aliphatic rings. The summed E-state index contributed by atoms with van der Waals surface area (Å²) in [7, 11) is 1.66. The number of carbonyl (C=O) groups excluding carboxylic acids is 1. The van der Waals surface area contributed by atoms with Gasteiger partial charge < -0.3 is 15.8 Å². The van der Waals surface area contributed by atoms with E-state index in [2.05, 4.69) is 12.2 Å². The Morgan fingerprint density at radius 2 is 2.12 bits per heavy atom. The van der Waals surface area contributed by atoms with Crippen LogP contribution in [-0.2, 0) is 9.53 Å². The fourth-order valence-electron chi connectivity index (χ4n) is 2.48. The molecular formula is C12H24N2O2. The summed E-state index contributed by atoms with van der Waals surface area (Å²) in [5.41, 5.74) is 5.05. The highest BCUT2D eigenvalue weighted by atomic mass is 16.5. The highest BCUT2D eigenvalue weighted by Crippen LogP contribution is 2.33. The molecule has 0 aromatic rings. The van der Waals surface area contributed by atoms with E-state index in [-0.39, 0.29) is 5.91 Å². The summed E-state index contributed by atoms with van der Waals surface area (Å²) in [6.07, 6.45) is 5.13. The summed E-state index contributed by atoms with van der Waals surface area (Å²) >= 11 is 0. The average molecular weight is 228 g/mol. The number of nitrogens with two attached hydrogens (primary N) is 1. The van der Waals surface area contributed by atoms with Crippen LogP contribution in [0.5, 0.6) is 0 Å². The van der Waals surface area contributed by atoms with Crippen LogP contribution in [0.2, 0.25) is 0 Å². The molecule has 0 aromatic heterocycles. The van der Waals surface area contributed by atoms with Gasteiger partial charge in [-0.25, -0.2) is 0 Å². The Morgan fingerprint density at radius 1 is 1.50 bits per heavy atom. The number of carbonyl (C=O) groups is 1. The highest BCUT2D eigenvalue weighted by Gasteiger charge is 2.39. The van der Waals surface area contributed by atoms with E-state index in [4.69, 9.17) is 10.5 Å². The Labute approximate surface area is 97.9 Å². The van der Waals surface area contributed by atoms with Crippen LogP contribution >= 0.6 is 0 Å². The first kappa shape index (κ1) is 13.5. The lowest BCUT2D eigenvalue weighted by Gasteiger charge is -2.38. The van der Waals surface area contributed by atoms with E-state index in [9.17, 15) is 4.79 Å². The van der Waals surface area contributed by atoms with Gasteiger partial charge in [0, 0.05) is 13.7 Å². The van der Waals surface area contributed by atoms with Crippen molar-refractivity contribution in [2.24, 2.45) is 11.7 Å². The van der Waals surface area contributed by atoms with E-state index in [1.54, 1.807) is 7.11 Å². The molecule has 0 heterocycles. The standard InChI is InChI=1S/C12H24N2O2/c1-3-10-4-6-12(7-5-10,11(13)15)14-8-9-16-2/h10,14H,3-9H2,1-2H3,(H2,13,15). The van der Waals surface area contributed by atoms with Crippen molar-refractivity contribution in [3.63, 3.8) is 0 Å². The molecule has 1 fully saturated rings. The Balaban J connectivity index is 2.51. The van der Waals surface area contributed by atoms with Crippen LogP contribution in [0.25, 0.3) is 0 Å². The molecule has 4 heteroatoms. The van der Waals surface area contributed by atoms with Crippen molar-refractivity contribution >= 4 is 5.91 Å². The van der Waals surface area contributed by atoms with Gasteiger partial charge in [0.05, 0.1) is 12.1 Å². The lowest BCUT2D eigenvalue weighted by molar-refractivity contribution is -0.126. The van der Waals surface area contributed by atoms with Crippen molar-refractivity contribution in [3.05, 3.63) is 0 Å². The second-order valence-electron chi connectivity index (χ2n) is 4.72. The minimum atomic E-state index is -0.482. The van der Waals surface area contributed by atoms with Gasteiger partial charge >= 0.3 is 0 Å². The number of methoxy groups -OCH3 is 1. The summed E-state index contributed by atoms with van der Waals surface area (Å²) in [5.74, 6) is 0.551. The predicted octanol–water partition coefficient (Wildman–Crippen LogP) is 1.05. The number of amides is 1. The van der Waals surface area contributed by atoms with Crippen LogP contribution in [0.15, 0.2) is 0 Å². The van der Waals surface area contributed by atoms with Crippen LogP contribution < -0.4 is 11.1 Å². The van der Waals surface area contributed by atoms with E-state index in [1.165, 1.54) is 6.42 Å². The monoisotopic (exact) mass is 228 g/mol. The van der Waals surface area contributed by atoms with Crippen LogP contribution in [0.4, 0.5) is 0 Å². The Bertz CT molecular complexity index is 218. The summed E-state index contributed by atoms with van der Waals surface area (Å²) in [6, 6.07) is 0. The number of hydrogen-bond donors (Lipinski definition) is 2. The second-order valence-corrected chi connectivity index (χ2v) is 4.72. The fourth-order valence-corrected chi connectivity index (χ4v) is 2.48. The average Bonchev–Trinajstić information content (AvgIpc) is 2.30. The Kier molecular flexibility index (Phi) is 5.22. The van der Waals surface area contributed by atoms with Crippen molar-refractivity contribution < 1.29 is 9.53 Å². The van der Waals surface area contributed by atoms with Crippen molar-refractivity contribution in [2.45, 2.75) is 44.6 Å². The van der Waals surface area contributed by atoms with Crippen molar-refractivity contribution in [2.75, 3.05) is 20.3 Å².